The Kier molecular flexibility index (Phi) is 3.36. The molecule has 1 aliphatic heterocycles. The number of rotatable bonds is 2. The number of hydrogen-bond acceptors (Lipinski definition) is 2. The highest BCUT2D eigenvalue weighted by Crippen LogP contribution is 2.33. The summed E-state index contributed by atoms with van der Waals surface area (Å²) in [5.41, 5.74) is 0.0824. The van der Waals surface area contributed by atoms with E-state index in [4.69, 9.17) is 0 Å². The first-order valence-corrected chi connectivity index (χ1v) is 7.80. The van der Waals surface area contributed by atoms with E-state index in [-0.39, 0.29) is 5.41 Å². The Morgan fingerprint density at radius 3 is 2.59 bits per heavy atom. The molecule has 0 saturated carbocycles. The van der Waals surface area contributed by atoms with Crippen LogP contribution in [0.5, 0.6) is 0 Å². The Morgan fingerprint density at radius 1 is 1.35 bits per heavy atom. The van der Waals surface area contributed by atoms with Crippen molar-refractivity contribution in [3.8, 4) is 0 Å². The molecule has 1 saturated heterocycles. The molecular formula is C12H16BrNO2S. The molecule has 0 bridgehead atoms. The van der Waals surface area contributed by atoms with Crippen molar-refractivity contribution in [1.82, 2.24) is 4.31 Å². The SMILES string of the molecule is CC1(C)CCN(S(=O)(=O)c2cccc(Br)c2)C1. The van der Waals surface area contributed by atoms with E-state index in [0.717, 1.165) is 10.9 Å². The van der Waals surface area contributed by atoms with Crippen molar-refractivity contribution in [2.45, 2.75) is 25.2 Å². The van der Waals surface area contributed by atoms with Gasteiger partial charge >= 0.3 is 0 Å². The molecule has 0 unspecified atom stereocenters. The first-order valence-electron chi connectivity index (χ1n) is 5.57. The Morgan fingerprint density at radius 2 is 2.06 bits per heavy atom. The molecule has 0 aliphatic carbocycles. The molecule has 1 aromatic rings. The molecule has 1 aromatic carbocycles. The molecule has 1 aliphatic rings. The largest absolute Gasteiger partial charge is 0.243 e. The zero-order chi connectivity index (χ0) is 12.7. The average molecular weight is 318 g/mol. The minimum absolute atomic E-state index is 0.0824. The number of nitrogens with zero attached hydrogens (tertiary/aromatic N) is 1. The van der Waals surface area contributed by atoms with Gasteiger partial charge in [-0.05, 0) is 30.0 Å². The summed E-state index contributed by atoms with van der Waals surface area (Å²) < 4.78 is 27.1. The van der Waals surface area contributed by atoms with Gasteiger partial charge in [-0.2, -0.15) is 4.31 Å². The minimum Gasteiger partial charge on any atom is -0.207 e. The maximum atomic E-state index is 12.4. The van der Waals surface area contributed by atoms with E-state index >= 15 is 0 Å². The molecule has 0 amide bonds. The maximum Gasteiger partial charge on any atom is 0.243 e. The van der Waals surface area contributed by atoms with Gasteiger partial charge in [0.2, 0.25) is 10.0 Å². The van der Waals surface area contributed by atoms with E-state index in [2.05, 4.69) is 29.8 Å². The fraction of sp³-hybridized carbons (Fsp3) is 0.500. The lowest BCUT2D eigenvalue weighted by atomic mass is 9.93. The van der Waals surface area contributed by atoms with Gasteiger partial charge in [-0.3, -0.25) is 0 Å². The Balaban J connectivity index is 2.32. The summed E-state index contributed by atoms with van der Waals surface area (Å²) in [7, 11) is -3.33. The van der Waals surface area contributed by atoms with Crippen LogP contribution in [0.1, 0.15) is 20.3 Å². The summed E-state index contributed by atoms with van der Waals surface area (Å²) >= 11 is 3.30. The zero-order valence-corrected chi connectivity index (χ0v) is 12.4. The first-order chi connectivity index (χ1) is 7.81. The van der Waals surface area contributed by atoms with Gasteiger partial charge in [-0.15, -0.1) is 0 Å². The van der Waals surface area contributed by atoms with Crippen molar-refractivity contribution in [2.75, 3.05) is 13.1 Å². The molecule has 0 aromatic heterocycles. The van der Waals surface area contributed by atoms with Crippen LogP contribution in [0.15, 0.2) is 33.6 Å². The smallest absolute Gasteiger partial charge is 0.207 e. The normalized spacial score (nSPS) is 20.6. The molecule has 1 fully saturated rings. The number of hydrogen-bond donors (Lipinski definition) is 0. The van der Waals surface area contributed by atoms with Gasteiger partial charge in [0.15, 0.2) is 0 Å². The highest BCUT2D eigenvalue weighted by Gasteiger charge is 2.36. The zero-order valence-electron chi connectivity index (χ0n) is 9.98. The highest BCUT2D eigenvalue weighted by atomic mass is 79.9. The van der Waals surface area contributed by atoms with Gasteiger partial charge in [0.1, 0.15) is 0 Å². The average Bonchev–Trinajstić information content (AvgIpc) is 2.59. The molecule has 3 nitrogen and oxygen atoms in total. The van der Waals surface area contributed by atoms with E-state index in [1.165, 1.54) is 0 Å². The third-order valence-corrected chi connectivity index (χ3v) is 5.41. The third kappa shape index (κ3) is 2.72. The van der Waals surface area contributed by atoms with Crippen molar-refractivity contribution in [1.29, 1.82) is 0 Å². The van der Waals surface area contributed by atoms with Gasteiger partial charge in [0, 0.05) is 17.6 Å². The van der Waals surface area contributed by atoms with E-state index in [1.54, 1.807) is 22.5 Å². The van der Waals surface area contributed by atoms with Crippen molar-refractivity contribution in [2.24, 2.45) is 5.41 Å². The second kappa shape index (κ2) is 4.37. The quantitative estimate of drug-likeness (QED) is 0.841. The van der Waals surface area contributed by atoms with Gasteiger partial charge in [0.25, 0.3) is 0 Å². The molecule has 0 spiro atoms. The lowest BCUT2D eigenvalue weighted by Gasteiger charge is -2.19. The predicted octanol–water partition coefficient (Wildman–Crippen LogP) is 2.87. The number of benzene rings is 1. The molecule has 2 rings (SSSR count). The van der Waals surface area contributed by atoms with Crippen molar-refractivity contribution < 1.29 is 8.42 Å². The molecule has 5 heteroatoms. The van der Waals surface area contributed by atoms with Crippen LogP contribution >= 0.6 is 15.9 Å². The lowest BCUT2D eigenvalue weighted by molar-refractivity contribution is 0.375. The lowest BCUT2D eigenvalue weighted by Crippen LogP contribution is -2.30. The molecule has 0 radical (unpaired) electrons. The Labute approximate surface area is 111 Å². The maximum absolute atomic E-state index is 12.4. The number of halogens is 1. The standard InChI is InChI=1S/C12H16BrNO2S/c1-12(2)6-7-14(9-12)17(15,16)11-5-3-4-10(13)8-11/h3-5,8H,6-7,9H2,1-2H3. The van der Waals surface area contributed by atoms with E-state index in [9.17, 15) is 8.42 Å². The Hall–Kier alpha value is -0.390. The highest BCUT2D eigenvalue weighted by molar-refractivity contribution is 9.10. The number of sulfonamides is 1. The fourth-order valence-electron chi connectivity index (χ4n) is 2.04. The van der Waals surface area contributed by atoms with Crippen molar-refractivity contribution >= 4 is 26.0 Å². The van der Waals surface area contributed by atoms with Crippen LogP contribution in [-0.2, 0) is 10.0 Å². The second-order valence-electron chi connectivity index (χ2n) is 5.21. The van der Waals surface area contributed by atoms with Gasteiger partial charge < -0.3 is 0 Å². The van der Waals surface area contributed by atoms with Gasteiger partial charge in [-0.1, -0.05) is 35.8 Å². The van der Waals surface area contributed by atoms with E-state index in [0.29, 0.717) is 18.0 Å². The van der Waals surface area contributed by atoms with Crippen LogP contribution in [0, 0.1) is 5.41 Å². The molecule has 0 atom stereocenters. The second-order valence-corrected chi connectivity index (χ2v) is 8.06. The molecule has 17 heavy (non-hydrogen) atoms. The fourth-order valence-corrected chi connectivity index (χ4v) is 4.27. The summed E-state index contributed by atoms with van der Waals surface area (Å²) in [5.74, 6) is 0. The van der Waals surface area contributed by atoms with Crippen LogP contribution < -0.4 is 0 Å². The van der Waals surface area contributed by atoms with Gasteiger partial charge in [0.05, 0.1) is 4.90 Å². The monoisotopic (exact) mass is 317 g/mol. The van der Waals surface area contributed by atoms with Crippen LogP contribution in [0.3, 0.4) is 0 Å². The Bertz CT molecular complexity index is 525. The summed E-state index contributed by atoms with van der Waals surface area (Å²) in [6.07, 6.45) is 0.917. The predicted molar refractivity (Wildman–Crippen MR) is 71.3 cm³/mol. The molecule has 1 heterocycles. The summed E-state index contributed by atoms with van der Waals surface area (Å²) in [4.78, 5) is 0.365. The third-order valence-electron chi connectivity index (χ3n) is 3.08. The topological polar surface area (TPSA) is 37.4 Å². The first kappa shape index (κ1) is 13.1. The van der Waals surface area contributed by atoms with Crippen LogP contribution in [0.2, 0.25) is 0 Å². The van der Waals surface area contributed by atoms with Gasteiger partial charge in [-0.25, -0.2) is 8.42 Å². The van der Waals surface area contributed by atoms with Crippen molar-refractivity contribution in [3.05, 3.63) is 28.7 Å². The van der Waals surface area contributed by atoms with E-state index < -0.39 is 10.0 Å². The molecular weight excluding hydrogens is 302 g/mol. The van der Waals surface area contributed by atoms with Crippen LogP contribution in [-0.4, -0.2) is 25.8 Å². The van der Waals surface area contributed by atoms with E-state index in [1.807, 2.05) is 6.07 Å². The van der Waals surface area contributed by atoms with Crippen molar-refractivity contribution in [3.63, 3.8) is 0 Å². The summed E-state index contributed by atoms with van der Waals surface area (Å²) in [5, 5.41) is 0. The molecule has 94 valence electrons. The minimum atomic E-state index is -3.33. The van der Waals surface area contributed by atoms with Crippen LogP contribution in [0.4, 0.5) is 0 Å². The molecule has 0 N–H and O–H groups in total. The summed E-state index contributed by atoms with van der Waals surface area (Å²) in [6, 6.07) is 6.87. The summed E-state index contributed by atoms with van der Waals surface area (Å²) in [6.45, 7) is 5.41. The van der Waals surface area contributed by atoms with Crippen LogP contribution in [0.25, 0.3) is 0 Å².